The third-order valence-corrected chi connectivity index (χ3v) is 2.62. The zero-order chi connectivity index (χ0) is 15.4. The molecule has 0 atom stereocenters. The lowest BCUT2D eigenvalue weighted by atomic mass is 10.2. The zero-order valence-electron chi connectivity index (χ0n) is 11.0. The van der Waals surface area contributed by atoms with Crippen molar-refractivity contribution >= 4 is 17.7 Å². The average Bonchev–Trinajstić information content (AvgIpc) is 2.47. The predicted molar refractivity (Wildman–Crippen MR) is 72.1 cm³/mol. The van der Waals surface area contributed by atoms with Crippen molar-refractivity contribution in [2.45, 2.75) is 0 Å². The molecule has 1 amide bonds. The van der Waals surface area contributed by atoms with Gasteiger partial charge in [-0.05, 0) is 30.3 Å². The van der Waals surface area contributed by atoms with E-state index in [2.05, 4.69) is 10.3 Å². The van der Waals surface area contributed by atoms with Crippen molar-refractivity contribution in [3.8, 4) is 5.75 Å². The maximum absolute atomic E-state index is 13.3. The fourth-order valence-corrected chi connectivity index (χ4v) is 1.61. The summed E-state index contributed by atoms with van der Waals surface area (Å²) in [4.78, 5) is 26.6. The molecule has 0 radical (unpaired) electrons. The Morgan fingerprint density at radius 3 is 2.71 bits per heavy atom. The number of anilines is 1. The Labute approximate surface area is 119 Å². The minimum Gasteiger partial charge on any atom is -0.494 e. The first-order valence-electron chi connectivity index (χ1n) is 5.86. The van der Waals surface area contributed by atoms with Crippen LogP contribution in [-0.4, -0.2) is 29.1 Å². The first kappa shape index (κ1) is 14.4. The maximum Gasteiger partial charge on any atom is 0.354 e. The number of ether oxygens (including phenoxy) is 1. The van der Waals surface area contributed by atoms with E-state index in [-0.39, 0.29) is 22.8 Å². The second-order valence-electron chi connectivity index (χ2n) is 4.02. The van der Waals surface area contributed by atoms with Gasteiger partial charge in [-0.25, -0.2) is 14.2 Å². The molecule has 0 aliphatic rings. The fraction of sp³-hybridized carbons (Fsp3) is 0.0714. The smallest absolute Gasteiger partial charge is 0.354 e. The highest BCUT2D eigenvalue weighted by atomic mass is 19.1. The molecule has 6 nitrogen and oxygen atoms in total. The molecule has 21 heavy (non-hydrogen) atoms. The van der Waals surface area contributed by atoms with Gasteiger partial charge in [-0.2, -0.15) is 0 Å². The molecule has 1 aromatic carbocycles. The van der Waals surface area contributed by atoms with E-state index in [1.807, 2.05) is 0 Å². The van der Waals surface area contributed by atoms with E-state index in [1.54, 1.807) is 0 Å². The summed E-state index contributed by atoms with van der Waals surface area (Å²) >= 11 is 0. The van der Waals surface area contributed by atoms with Crippen molar-refractivity contribution in [3.63, 3.8) is 0 Å². The lowest BCUT2D eigenvalue weighted by molar-refractivity contribution is 0.0690. The molecule has 1 heterocycles. The molecule has 1 aromatic heterocycles. The van der Waals surface area contributed by atoms with Gasteiger partial charge in [0.2, 0.25) is 0 Å². The summed E-state index contributed by atoms with van der Waals surface area (Å²) in [6.45, 7) is 0. The molecule has 0 spiro atoms. The van der Waals surface area contributed by atoms with Gasteiger partial charge in [0, 0.05) is 5.56 Å². The van der Waals surface area contributed by atoms with Crippen molar-refractivity contribution < 1.29 is 23.8 Å². The number of carboxylic acids is 1. The van der Waals surface area contributed by atoms with Gasteiger partial charge in [-0.15, -0.1) is 0 Å². The van der Waals surface area contributed by atoms with Crippen LogP contribution in [0.1, 0.15) is 20.8 Å². The van der Waals surface area contributed by atoms with Crippen molar-refractivity contribution in [3.05, 3.63) is 53.5 Å². The van der Waals surface area contributed by atoms with E-state index < -0.39 is 17.7 Å². The van der Waals surface area contributed by atoms with Crippen LogP contribution in [0, 0.1) is 5.82 Å². The number of methoxy groups -OCH3 is 1. The summed E-state index contributed by atoms with van der Waals surface area (Å²) in [5.74, 6) is -2.31. The van der Waals surface area contributed by atoms with Crippen LogP contribution >= 0.6 is 0 Å². The van der Waals surface area contributed by atoms with E-state index in [0.717, 1.165) is 6.07 Å². The number of pyridine rings is 1. The van der Waals surface area contributed by atoms with Crippen LogP contribution in [0.2, 0.25) is 0 Å². The Bertz CT molecular complexity index is 703. The quantitative estimate of drug-likeness (QED) is 0.901. The number of hydrogen-bond acceptors (Lipinski definition) is 4. The highest BCUT2D eigenvalue weighted by Crippen LogP contribution is 2.19. The van der Waals surface area contributed by atoms with Gasteiger partial charge in [0.25, 0.3) is 5.91 Å². The molecule has 108 valence electrons. The minimum absolute atomic E-state index is 0.0603. The summed E-state index contributed by atoms with van der Waals surface area (Å²) in [6.07, 6.45) is 0. The van der Waals surface area contributed by atoms with Crippen LogP contribution in [-0.2, 0) is 0 Å². The Morgan fingerprint density at radius 2 is 2.05 bits per heavy atom. The largest absolute Gasteiger partial charge is 0.494 e. The second-order valence-corrected chi connectivity index (χ2v) is 4.02. The third-order valence-electron chi connectivity index (χ3n) is 2.62. The highest BCUT2D eigenvalue weighted by Gasteiger charge is 2.12. The normalized spacial score (nSPS) is 10.0. The van der Waals surface area contributed by atoms with Crippen molar-refractivity contribution in [1.29, 1.82) is 0 Å². The molecule has 7 heteroatoms. The standard InChI is InChI=1S/C14H11FN2O4/c1-21-11-7-8(5-6-9(11)15)13(18)17-12-4-2-3-10(16-12)14(19)20/h2-7H,1H3,(H,19,20)(H,16,17,18). The summed E-state index contributed by atoms with van der Waals surface area (Å²) < 4.78 is 18.1. The van der Waals surface area contributed by atoms with Crippen LogP contribution in [0.5, 0.6) is 5.75 Å². The topological polar surface area (TPSA) is 88.5 Å². The monoisotopic (exact) mass is 290 g/mol. The first-order valence-corrected chi connectivity index (χ1v) is 5.86. The molecular formula is C14H11FN2O4. The number of benzene rings is 1. The van der Waals surface area contributed by atoms with E-state index in [4.69, 9.17) is 9.84 Å². The van der Waals surface area contributed by atoms with Crippen LogP contribution in [0.15, 0.2) is 36.4 Å². The van der Waals surface area contributed by atoms with E-state index in [0.29, 0.717) is 0 Å². The van der Waals surface area contributed by atoms with Gasteiger partial charge in [0.1, 0.15) is 5.82 Å². The molecular weight excluding hydrogens is 279 g/mol. The lowest BCUT2D eigenvalue weighted by Crippen LogP contribution is -2.14. The average molecular weight is 290 g/mol. The Morgan fingerprint density at radius 1 is 1.29 bits per heavy atom. The van der Waals surface area contributed by atoms with E-state index in [9.17, 15) is 14.0 Å². The van der Waals surface area contributed by atoms with Crippen molar-refractivity contribution in [2.24, 2.45) is 0 Å². The van der Waals surface area contributed by atoms with Crippen LogP contribution < -0.4 is 10.1 Å². The number of carbonyl (C=O) groups excluding carboxylic acids is 1. The van der Waals surface area contributed by atoms with E-state index in [1.165, 1.54) is 37.4 Å². The van der Waals surface area contributed by atoms with Crippen LogP contribution in [0.25, 0.3) is 0 Å². The minimum atomic E-state index is -1.20. The predicted octanol–water partition coefficient (Wildman–Crippen LogP) is 2.18. The summed E-state index contributed by atoms with van der Waals surface area (Å²) in [7, 11) is 1.29. The van der Waals surface area contributed by atoms with Gasteiger partial charge < -0.3 is 15.2 Å². The second kappa shape index (κ2) is 6.00. The number of aromatic nitrogens is 1. The number of rotatable bonds is 4. The molecule has 0 bridgehead atoms. The lowest BCUT2D eigenvalue weighted by Gasteiger charge is -2.07. The fourth-order valence-electron chi connectivity index (χ4n) is 1.61. The number of aromatic carboxylic acids is 1. The van der Waals surface area contributed by atoms with Gasteiger partial charge in [0.15, 0.2) is 17.3 Å². The Kier molecular flexibility index (Phi) is 4.13. The number of carbonyl (C=O) groups is 2. The van der Waals surface area contributed by atoms with Gasteiger partial charge in [-0.1, -0.05) is 6.07 Å². The summed E-state index contributed by atoms with van der Waals surface area (Å²) in [5, 5.41) is 11.3. The summed E-state index contributed by atoms with van der Waals surface area (Å²) in [5.41, 5.74) is -0.0275. The Balaban J connectivity index is 2.22. The number of nitrogens with zero attached hydrogens (tertiary/aromatic N) is 1. The number of hydrogen-bond donors (Lipinski definition) is 2. The molecule has 2 rings (SSSR count). The number of carboxylic acid groups (broad SMARTS) is 1. The Hall–Kier alpha value is -2.96. The van der Waals surface area contributed by atoms with Crippen molar-refractivity contribution in [1.82, 2.24) is 4.98 Å². The first-order chi connectivity index (χ1) is 10.0. The number of amides is 1. The molecule has 0 saturated carbocycles. The van der Waals surface area contributed by atoms with Crippen LogP contribution in [0.4, 0.5) is 10.2 Å². The molecule has 2 N–H and O–H groups in total. The molecule has 0 saturated heterocycles. The SMILES string of the molecule is COc1cc(C(=O)Nc2cccc(C(=O)O)n2)ccc1F. The zero-order valence-corrected chi connectivity index (χ0v) is 11.0. The molecule has 0 aliphatic heterocycles. The highest BCUT2D eigenvalue weighted by molar-refractivity contribution is 6.04. The number of nitrogens with one attached hydrogen (secondary N) is 1. The third kappa shape index (κ3) is 3.33. The molecule has 2 aromatic rings. The van der Waals surface area contributed by atoms with Crippen LogP contribution in [0.3, 0.4) is 0 Å². The van der Waals surface area contributed by atoms with Crippen molar-refractivity contribution in [2.75, 3.05) is 12.4 Å². The summed E-state index contributed by atoms with van der Waals surface area (Å²) in [6, 6.07) is 7.84. The maximum atomic E-state index is 13.3. The molecule has 0 fully saturated rings. The molecule has 0 unspecified atom stereocenters. The number of halogens is 1. The van der Waals surface area contributed by atoms with E-state index >= 15 is 0 Å². The molecule has 0 aliphatic carbocycles. The van der Waals surface area contributed by atoms with Gasteiger partial charge >= 0.3 is 5.97 Å². The van der Waals surface area contributed by atoms with Gasteiger partial charge in [0.05, 0.1) is 7.11 Å². The van der Waals surface area contributed by atoms with Gasteiger partial charge in [-0.3, -0.25) is 4.79 Å².